The summed E-state index contributed by atoms with van der Waals surface area (Å²) in [6.07, 6.45) is 0.382. The Balaban J connectivity index is 2.51. The standard InChI is InChI=1S/C30H42N4O6/c1-7-8-18-34(28(37)24(16-17-25(31)35)33-29(38)40-30(3,4)5)26(21-11-9-10-20(2)19-21)27(36)32-22-12-14-23(39-6)15-13-22/h9-15,19,24,26H,7-8,16-18H2,1-6H3,(H2,31,35)(H,32,36)(H,33,38). The number of nitrogens with zero attached hydrogens (tertiary/aromatic N) is 1. The Labute approximate surface area is 236 Å². The maximum absolute atomic E-state index is 14.1. The lowest BCUT2D eigenvalue weighted by molar-refractivity contribution is -0.141. The number of alkyl carbamates (subject to hydrolysis) is 1. The van der Waals surface area contributed by atoms with Crippen LogP contribution in [-0.2, 0) is 19.1 Å². The Hall–Kier alpha value is -4.08. The van der Waals surface area contributed by atoms with Gasteiger partial charge in [0.1, 0.15) is 23.4 Å². The molecule has 2 aromatic carbocycles. The summed E-state index contributed by atoms with van der Waals surface area (Å²) in [4.78, 5) is 53.7. The molecular formula is C30H42N4O6. The van der Waals surface area contributed by atoms with Gasteiger partial charge < -0.3 is 30.7 Å². The highest BCUT2D eigenvalue weighted by Crippen LogP contribution is 2.27. The number of hydrogen-bond acceptors (Lipinski definition) is 6. The maximum atomic E-state index is 14.1. The van der Waals surface area contributed by atoms with Crippen LogP contribution in [0.5, 0.6) is 5.75 Å². The smallest absolute Gasteiger partial charge is 0.408 e. The van der Waals surface area contributed by atoms with Gasteiger partial charge in [-0.1, -0.05) is 43.2 Å². The normalized spacial score (nSPS) is 12.6. The Morgan fingerprint density at radius 1 is 1.05 bits per heavy atom. The Morgan fingerprint density at radius 2 is 1.73 bits per heavy atom. The topological polar surface area (TPSA) is 140 Å². The molecule has 10 nitrogen and oxygen atoms in total. The number of amides is 4. The van der Waals surface area contributed by atoms with E-state index in [1.165, 1.54) is 4.90 Å². The molecule has 40 heavy (non-hydrogen) atoms. The lowest BCUT2D eigenvalue weighted by Crippen LogP contribution is -2.52. The lowest BCUT2D eigenvalue weighted by atomic mass is 9.99. The number of benzene rings is 2. The molecule has 0 aliphatic heterocycles. The molecule has 0 radical (unpaired) electrons. The molecule has 0 aliphatic carbocycles. The molecule has 0 saturated carbocycles. The highest BCUT2D eigenvalue weighted by molar-refractivity contribution is 5.99. The minimum absolute atomic E-state index is 0.0450. The number of primary amides is 1. The van der Waals surface area contributed by atoms with Gasteiger partial charge in [-0.15, -0.1) is 0 Å². The third-order valence-corrected chi connectivity index (χ3v) is 5.98. The van der Waals surface area contributed by atoms with Crippen molar-refractivity contribution in [3.63, 3.8) is 0 Å². The fourth-order valence-corrected chi connectivity index (χ4v) is 4.09. The molecule has 0 spiro atoms. The molecule has 0 aromatic heterocycles. The predicted molar refractivity (Wildman–Crippen MR) is 154 cm³/mol. The van der Waals surface area contributed by atoms with Crippen molar-refractivity contribution in [3.8, 4) is 5.75 Å². The van der Waals surface area contributed by atoms with Gasteiger partial charge in [-0.05, 0) is 70.4 Å². The minimum atomic E-state index is -1.14. The van der Waals surface area contributed by atoms with Crippen molar-refractivity contribution in [3.05, 3.63) is 59.7 Å². The van der Waals surface area contributed by atoms with E-state index in [1.807, 2.05) is 32.0 Å². The predicted octanol–water partition coefficient (Wildman–Crippen LogP) is 4.47. The zero-order chi connectivity index (χ0) is 29.9. The van der Waals surface area contributed by atoms with E-state index in [9.17, 15) is 19.2 Å². The van der Waals surface area contributed by atoms with Crippen LogP contribution >= 0.6 is 0 Å². The van der Waals surface area contributed by atoms with Crippen molar-refractivity contribution in [2.45, 2.75) is 78.0 Å². The van der Waals surface area contributed by atoms with Gasteiger partial charge in [-0.2, -0.15) is 0 Å². The molecule has 2 rings (SSSR count). The number of aryl methyl sites for hydroxylation is 1. The summed E-state index contributed by atoms with van der Waals surface area (Å²) in [7, 11) is 1.55. The van der Waals surface area contributed by atoms with E-state index >= 15 is 0 Å². The van der Waals surface area contributed by atoms with Crippen LogP contribution in [-0.4, -0.2) is 54.0 Å². The zero-order valence-corrected chi connectivity index (χ0v) is 24.3. The second kappa shape index (κ2) is 14.9. The Kier molecular flexibility index (Phi) is 12.0. The summed E-state index contributed by atoms with van der Waals surface area (Å²) in [6, 6.07) is 12.1. The number of rotatable bonds is 13. The van der Waals surface area contributed by atoms with Gasteiger partial charge in [0.2, 0.25) is 11.8 Å². The van der Waals surface area contributed by atoms with E-state index in [-0.39, 0.29) is 19.4 Å². The number of nitrogens with one attached hydrogen (secondary N) is 2. The lowest BCUT2D eigenvalue weighted by Gasteiger charge is -2.34. The molecular weight excluding hydrogens is 512 g/mol. The first kappa shape index (κ1) is 32.1. The molecule has 4 amide bonds. The van der Waals surface area contributed by atoms with Gasteiger partial charge in [0, 0.05) is 18.7 Å². The number of carbonyl (C=O) groups is 4. The number of anilines is 1. The molecule has 0 bridgehead atoms. The first-order valence-corrected chi connectivity index (χ1v) is 13.4. The SMILES string of the molecule is CCCCN(C(=O)C(CCC(N)=O)NC(=O)OC(C)(C)C)C(C(=O)Nc1ccc(OC)cc1)c1cccc(C)c1. The average Bonchev–Trinajstić information content (AvgIpc) is 2.87. The number of carbonyl (C=O) groups excluding carboxylic acids is 4. The second-order valence-corrected chi connectivity index (χ2v) is 10.6. The molecule has 2 unspecified atom stereocenters. The van der Waals surface area contributed by atoms with Gasteiger partial charge in [0.15, 0.2) is 0 Å². The molecule has 0 fully saturated rings. The van der Waals surface area contributed by atoms with Crippen molar-refractivity contribution in [2.75, 3.05) is 19.0 Å². The fourth-order valence-electron chi connectivity index (χ4n) is 4.09. The number of hydrogen-bond donors (Lipinski definition) is 3. The van der Waals surface area contributed by atoms with Gasteiger partial charge >= 0.3 is 6.09 Å². The van der Waals surface area contributed by atoms with E-state index in [0.29, 0.717) is 23.4 Å². The van der Waals surface area contributed by atoms with Crippen molar-refractivity contribution >= 4 is 29.5 Å². The van der Waals surface area contributed by atoms with Crippen molar-refractivity contribution < 1.29 is 28.7 Å². The first-order chi connectivity index (χ1) is 18.8. The molecule has 4 N–H and O–H groups in total. The number of methoxy groups -OCH3 is 1. The molecule has 2 atom stereocenters. The van der Waals surface area contributed by atoms with Crippen LogP contribution in [0.1, 0.15) is 70.5 Å². The fraction of sp³-hybridized carbons (Fsp3) is 0.467. The molecule has 218 valence electrons. The average molecular weight is 555 g/mol. The summed E-state index contributed by atoms with van der Waals surface area (Å²) in [5, 5.41) is 5.51. The van der Waals surface area contributed by atoms with E-state index in [2.05, 4.69) is 10.6 Å². The van der Waals surface area contributed by atoms with E-state index in [1.54, 1.807) is 58.2 Å². The summed E-state index contributed by atoms with van der Waals surface area (Å²) in [5.41, 5.74) is 6.63. The summed E-state index contributed by atoms with van der Waals surface area (Å²) in [6.45, 7) is 9.24. The number of nitrogens with two attached hydrogens (primary N) is 1. The third-order valence-electron chi connectivity index (χ3n) is 5.98. The molecule has 0 aliphatic rings. The van der Waals surface area contributed by atoms with E-state index in [0.717, 1.165) is 12.0 Å². The Morgan fingerprint density at radius 3 is 2.27 bits per heavy atom. The monoisotopic (exact) mass is 554 g/mol. The second-order valence-electron chi connectivity index (χ2n) is 10.6. The van der Waals surface area contributed by atoms with Crippen LogP contribution in [0.15, 0.2) is 48.5 Å². The molecule has 10 heteroatoms. The minimum Gasteiger partial charge on any atom is -0.497 e. The molecule has 2 aromatic rings. The maximum Gasteiger partial charge on any atom is 0.408 e. The van der Waals surface area contributed by atoms with E-state index in [4.69, 9.17) is 15.2 Å². The number of unbranched alkanes of at least 4 members (excludes halogenated alkanes) is 1. The highest BCUT2D eigenvalue weighted by atomic mass is 16.6. The van der Waals surface area contributed by atoms with Crippen LogP contribution in [0.25, 0.3) is 0 Å². The highest BCUT2D eigenvalue weighted by Gasteiger charge is 2.36. The zero-order valence-electron chi connectivity index (χ0n) is 24.3. The Bertz CT molecular complexity index is 1160. The van der Waals surface area contributed by atoms with Crippen molar-refractivity contribution in [1.82, 2.24) is 10.2 Å². The van der Waals surface area contributed by atoms with Crippen LogP contribution in [0.2, 0.25) is 0 Å². The van der Waals surface area contributed by atoms with E-state index < -0.39 is 41.5 Å². The quantitative estimate of drug-likeness (QED) is 0.334. The largest absolute Gasteiger partial charge is 0.497 e. The van der Waals surface area contributed by atoms with Crippen LogP contribution in [0.4, 0.5) is 10.5 Å². The van der Waals surface area contributed by atoms with Crippen molar-refractivity contribution in [2.24, 2.45) is 5.73 Å². The molecule has 0 heterocycles. The van der Waals surface area contributed by atoms with Crippen LogP contribution in [0.3, 0.4) is 0 Å². The van der Waals surface area contributed by atoms with Crippen LogP contribution < -0.4 is 21.1 Å². The van der Waals surface area contributed by atoms with Gasteiger partial charge in [-0.25, -0.2) is 4.79 Å². The number of ether oxygens (including phenoxy) is 2. The third kappa shape index (κ3) is 10.2. The van der Waals surface area contributed by atoms with Crippen molar-refractivity contribution in [1.29, 1.82) is 0 Å². The van der Waals surface area contributed by atoms with Gasteiger partial charge in [-0.3, -0.25) is 14.4 Å². The van der Waals surface area contributed by atoms with Gasteiger partial charge in [0.25, 0.3) is 5.91 Å². The summed E-state index contributed by atoms with van der Waals surface area (Å²) < 4.78 is 10.6. The van der Waals surface area contributed by atoms with Crippen LogP contribution in [0, 0.1) is 6.92 Å². The summed E-state index contributed by atoms with van der Waals surface area (Å²) in [5.74, 6) is -0.919. The van der Waals surface area contributed by atoms with Gasteiger partial charge in [0.05, 0.1) is 7.11 Å². The summed E-state index contributed by atoms with van der Waals surface area (Å²) >= 11 is 0. The first-order valence-electron chi connectivity index (χ1n) is 13.4. The molecule has 0 saturated heterocycles.